The molecule has 1 N–H and O–H groups in total. The van der Waals surface area contributed by atoms with Crippen molar-refractivity contribution in [3.05, 3.63) is 46.2 Å². The second kappa shape index (κ2) is 7.87. The monoisotopic (exact) mass is 423 g/mol. The summed E-state index contributed by atoms with van der Waals surface area (Å²) in [6.45, 7) is 9.70. The van der Waals surface area contributed by atoms with Gasteiger partial charge in [-0.05, 0) is 17.9 Å². The van der Waals surface area contributed by atoms with Gasteiger partial charge in [-0.15, -0.1) is 0 Å². The lowest BCUT2D eigenvalue weighted by atomic mass is 9.85. The van der Waals surface area contributed by atoms with Crippen molar-refractivity contribution in [2.24, 2.45) is 5.41 Å². The molecule has 0 bridgehead atoms. The number of aromatic carboxylic acids is 1. The lowest BCUT2D eigenvalue weighted by Crippen LogP contribution is -2.35. The molecule has 1 aliphatic rings. The number of ether oxygens (including phenoxy) is 1. The number of carboxylic acid groups (broad SMARTS) is 1. The molecular formula is C24H29N3O4. The third-order valence-corrected chi connectivity index (χ3v) is 5.97. The Morgan fingerprint density at radius 3 is 2.74 bits per heavy atom. The summed E-state index contributed by atoms with van der Waals surface area (Å²) < 4.78 is 9.91. The number of rotatable bonds is 6. The quantitative estimate of drug-likeness (QED) is 0.579. The SMILES string of the molecule is CCCCCOc1cccc2c3n(nc12)CC(C(C)(C)C)n1cc(C(=O)O)c(=O)cc1-3. The highest BCUT2D eigenvalue weighted by Gasteiger charge is 2.35. The summed E-state index contributed by atoms with van der Waals surface area (Å²) in [4.78, 5) is 24.2. The smallest absolute Gasteiger partial charge is 0.341 e. The topological polar surface area (TPSA) is 86.3 Å². The molecule has 1 atom stereocenters. The van der Waals surface area contributed by atoms with Gasteiger partial charge in [0, 0.05) is 17.6 Å². The number of nitrogens with zero attached hydrogens (tertiary/aromatic N) is 3. The predicted molar refractivity (Wildman–Crippen MR) is 120 cm³/mol. The van der Waals surface area contributed by atoms with Crippen molar-refractivity contribution in [2.45, 2.75) is 59.5 Å². The van der Waals surface area contributed by atoms with Gasteiger partial charge in [-0.2, -0.15) is 5.10 Å². The van der Waals surface area contributed by atoms with Crippen molar-refractivity contribution < 1.29 is 14.6 Å². The molecule has 31 heavy (non-hydrogen) atoms. The highest BCUT2D eigenvalue weighted by atomic mass is 16.5. The number of pyridine rings is 1. The maximum absolute atomic E-state index is 12.6. The summed E-state index contributed by atoms with van der Waals surface area (Å²) in [5, 5.41) is 15.3. The Bertz CT molecular complexity index is 1200. The molecule has 0 saturated heterocycles. The predicted octanol–water partition coefficient (Wildman–Crippen LogP) is 4.73. The summed E-state index contributed by atoms with van der Waals surface area (Å²) >= 11 is 0. The molecule has 0 radical (unpaired) electrons. The second-order valence-electron chi connectivity index (χ2n) is 9.27. The molecule has 1 aromatic carbocycles. The van der Waals surface area contributed by atoms with E-state index < -0.39 is 11.4 Å². The fourth-order valence-corrected chi connectivity index (χ4v) is 4.28. The van der Waals surface area contributed by atoms with Crippen molar-refractivity contribution in [1.29, 1.82) is 0 Å². The zero-order valence-electron chi connectivity index (χ0n) is 18.5. The van der Waals surface area contributed by atoms with Crippen LogP contribution in [0.3, 0.4) is 0 Å². The molecule has 7 nitrogen and oxygen atoms in total. The zero-order chi connectivity index (χ0) is 22.3. The molecule has 0 fully saturated rings. The fourth-order valence-electron chi connectivity index (χ4n) is 4.28. The van der Waals surface area contributed by atoms with E-state index in [2.05, 4.69) is 27.7 Å². The minimum Gasteiger partial charge on any atom is -0.491 e. The van der Waals surface area contributed by atoms with Crippen LogP contribution >= 0.6 is 0 Å². The highest BCUT2D eigenvalue weighted by molar-refractivity contribution is 5.96. The van der Waals surface area contributed by atoms with Crippen LogP contribution in [0.2, 0.25) is 0 Å². The van der Waals surface area contributed by atoms with Gasteiger partial charge in [0.15, 0.2) is 5.43 Å². The van der Waals surface area contributed by atoms with Crippen molar-refractivity contribution in [3.63, 3.8) is 0 Å². The van der Waals surface area contributed by atoms with Crippen LogP contribution < -0.4 is 10.2 Å². The molecule has 0 spiro atoms. The third kappa shape index (κ3) is 3.73. The minimum absolute atomic E-state index is 0.0584. The van der Waals surface area contributed by atoms with E-state index in [0.717, 1.165) is 41.6 Å². The van der Waals surface area contributed by atoms with E-state index in [1.165, 1.54) is 12.3 Å². The highest BCUT2D eigenvalue weighted by Crippen LogP contribution is 2.43. The van der Waals surface area contributed by atoms with E-state index in [1.807, 2.05) is 27.4 Å². The van der Waals surface area contributed by atoms with Gasteiger partial charge in [0.1, 0.15) is 16.8 Å². The molecule has 0 saturated carbocycles. The first-order valence-corrected chi connectivity index (χ1v) is 10.8. The van der Waals surface area contributed by atoms with Gasteiger partial charge in [0.05, 0.1) is 30.6 Å². The second-order valence-corrected chi connectivity index (χ2v) is 9.27. The first-order valence-electron chi connectivity index (χ1n) is 10.8. The standard InChI is InChI=1S/C24H29N3O4/c1-5-6-7-11-31-19-10-8-9-15-21(19)25-27-14-20(24(2,3)4)26-13-16(23(29)30)18(28)12-17(26)22(15)27/h8-10,12-13,20H,5-7,11,14H2,1-4H3,(H,29,30). The van der Waals surface area contributed by atoms with Crippen molar-refractivity contribution in [2.75, 3.05) is 6.61 Å². The minimum atomic E-state index is -1.21. The van der Waals surface area contributed by atoms with Crippen molar-refractivity contribution >= 4 is 16.9 Å². The number of hydrogen-bond donors (Lipinski definition) is 1. The largest absolute Gasteiger partial charge is 0.491 e. The number of carbonyl (C=O) groups is 1. The molecule has 3 heterocycles. The van der Waals surface area contributed by atoms with Gasteiger partial charge in [0.25, 0.3) is 0 Å². The van der Waals surface area contributed by atoms with E-state index in [9.17, 15) is 14.7 Å². The van der Waals surface area contributed by atoms with E-state index in [0.29, 0.717) is 18.8 Å². The van der Waals surface area contributed by atoms with E-state index in [-0.39, 0.29) is 17.0 Å². The van der Waals surface area contributed by atoms with E-state index in [1.54, 1.807) is 0 Å². The van der Waals surface area contributed by atoms with Crippen LogP contribution in [-0.4, -0.2) is 32.0 Å². The first kappa shape index (κ1) is 21.2. The lowest BCUT2D eigenvalue weighted by Gasteiger charge is -2.38. The Hall–Kier alpha value is -3.09. The summed E-state index contributed by atoms with van der Waals surface area (Å²) in [6.07, 6.45) is 4.72. The maximum atomic E-state index is 12.6. The van der Waals surface area contributed by atoms with Crippen molar-refractivity contribution in [3.8, 4) is 17.1 Å². The van der Waals surface area contributed by atoms with E-state index >= 15 is 0 Å². The Kier molecular flexibility index (Phi) is 5.37. The van der Waals surface area contributed by atoms with Crippen LogP contribution in [0.15, 0.2) is 35.3 Å². The number of unbranched alkanes of at least 4 members (excludes halogenated alkanes) is 2. The number of hydrogen-bond acceptors (Lipinski definition) is 4. The van der Waals surface area contributed by atoms with Gasteiger partial charge in [0.2, 0.25) is 0 Å². The van der Waals surface area contributed by atoms with Crippen molar-refractivity contribution in [1.82, 2.24) is 14.3 Å². The summed E-state index contributed by atoms with van der Waals surface area (Å²) in [7, 11) is 0. The first-order chi connectivity index (χ1) is 14.7. The zero-order valence-corrected chi connectivity index (χ0v) is 18.5. The number of fused-ring (bicyclic) bond motifs is 5. The molecule has 4 rings (SSSR count). The molecule has 164 valence electrons. The average Bonchev–Trinajstić information content (AvgIpc) is 3.09. The van der Waals surface area contributed by atoms with Crippen LogP contribution in [0.25, 0.3) is 22.3 Å². The number of carboxylic acids is 1. The third-order valence-electron chi connectivity index (χ3n) is 5.97. The Balaban J connectivity index is 1.90. The molecular weight excluding hydrogens is 394 g/mol. The van der Waals surface area contributed by atoms with Gasteiger partial charge in [-0.3, -0.25) is 9.48 Å². The number of aromatic nitrogens is 3. The molecule has 3 aromatic rings. The van der Waals surface area contributed by atoms with Crippen LogP contribution in [-0.2, 0) is 6.54 Å². The molecule has 0 aliphatic carbocycles. The maximum Gasteiger partial charge on any atom is 0.341 e. The van der Waals surface area contributed by atoms with Gasteiger partial charge >= 0.3 is 5.97 Å². The van der Waals surface area contributed by atoms with Gasteiger partial charge in [-0.25, -0.2) is 4.79 Å². The Morgan fingerprint density at radius 2 is 2.06 bits per heavy atom. The molecule has 2 aromatic heterocycles. The fraction of sp³-hybridized carbons (Fsp3) is 0.458. The van der Waals surface area contributed by atoms with Crippen LogP contribution in [0.4, 0.5) is 0 Å². The van der Waals surface area contributed by atoms with Crippen LogP contribution in [0, 0.1) is 5.41 Å². The normalized spacial score (nSPS) is 15.5. The Labute approximate surface area is 181 Å². The summed E-state index contributed by atoms with van der Waals surface area (Å²) in [6, 6.07) is 7.21. The van der Waals surface area contributed by atoms with Crippen LogP contribution in [0.1, 0.15) is 63.4 Å². The van der Waals surface area contributed by atoms with Crippen LogP contribution in [0.5, 0.6) is 5.75 Å². The molecule has 1 unspecified atom stereocenters. The Morgan fingerprint density at radius 1 is 1.29 bits per heavy atom. The average molecular weight is 424 g/mol. The summed E-state index contributed by atoms with van der Waals surface area (Å²) in [5.74, 6) is -0.474. The van der Waals surface area contributed by atoms with Gasteiger partial charge in [-0.1, -0.05) is 52.7 Å². The molecule has 1 aliphatic heterocycles. The summed E-state index contributed by atoms with van der Waals surface area (Å²) in [5.41, 5.74) is 1.39. The van der Waals surface area contributed by atoms with Gasteiger partial charge < -0.3 is 14.4 Å². The molecule has 0 amide bonds. The lowest BCUT2D eigenvalue weighted by molar-refractivity contribution is 0.0693. The number of benzene rings is 1. The molecule has 7 heteroatoms. The van der Waals surface area contributed by atoms with E-state index in [4.69, 9.17) is 9.84 Å².